The number of aryl methyl sites for hydroxylation is 1. The van der Waals surface area contributed by atoms with Crippen molar-refractivity contribution >= 4 is 11.3 Å². The zero-order chi connectivity index (χ0) is 16.1. The van der Waals surface area contributed by atoms with Crippen molar-refractivity contribution in [1.29, 1.82) is 0 Å². The Morgan fingerprint density at radius 3 is 2.65 bits per heavy atom. The lowest BCUT2D eigenvalue weighted by atomic mass is 10.0. The van der Waals surface area contributed by atoms with Crippen LogP contribution >= 0.6 is 11.3 Å². The predicted molar refractivity (Wildman–Crippen MR) is 100 cm³/mol. The van der Waals surface area contributed by atoms with Gasteiger partial charge in [0.15, 0.2) is 0 Å². The van der Waals surface area contributed by atoms with Gasteiger partial charge in [0.05, 0.1) is 6.04 Å². The van der Waals surface area contributed by atoms with Crippen molar-refractivity contribution in [2.45, 2.75) is 58.0 Å². The number of thiophene rings is 1. The van der Waals surface area contributed by atoms with Gasteiger partial charge < -0.3 is 10.2 Å². The fraction of sp³-hybridized carbons (Fsp3) is 0.789. The van der Waals surface area contributed by atoms with E-state index in [9.17, 15) is 0 Å². The van der Waals surface area contributed by atoms with E-state index >= 15 is 0 Å². The molecule has 0 amide bonds. The van der Waals surface area contributed by atoms with Crippen LogP contribution in [-0.2, 0) is 0 Å². The van der Waals surface area contributed by atoms with Crippen LogP contribution in [0.25, 0.3) is 0 Å². The molecule has 2 saturated heterocycles. The summed E-state index contributed by atoms with van der Waals surface area (Å²) >= 11 is 1.97. The lowest BCUT2D eigenvalue weighted by Gasteiger charge is -2.43. The maximum absolute atomic E-state index is 3.59. The van der Waals surface area contributed by atoms with Crippen molar-refractivity contribution in [1.82, 2.24) is 15.1 Å². The molecule has 1 aromatic heterocycles. The average Bonchev–Trinajstić information content (AvgIpc) is 2.84. The third kappa shape index (κ3) is 4.36. The smallest absolute Gasteiger partial charge is 0.0575 e. The van der Waals surface area contributed by atoms with Gasteiger partial charge in [0.2, 0.25) is 0 Å². The fourth-order valence-corrected chi connectivity index (χ4v) is 5.23. The van der Waals surface area contributed by atoms with E-state index in [2.05, 4.69) is 40.4 Å². The van der Waals surface area contributed by atoms with E-state index in [0.717, 1.165) is 13.1 Å². The molecule has 0 radical (unpaired) electrons. The van der Waals surface area contributed by atoms with Crippen molar-refractivity contribution < 1.29 is 0 Å². The first-order chi connectivity index (χ1) is 11.3. The Balaban J connectivity index is 1.79. The first-order valence-electron chi connectivity index (χ1n) is 9.52. The van der Waals surface area contributed by atoms with E-state index in [1.807, 2.05) is 11.3 Å². The van der Waals surface area contributed by atoms with Crippen LogP contribution in [0.1, 0.15) is 55.5 Å². The molecule has 3 rings (SSSR count). The molecule has 2 fully saturated rings. The van der Waals surface area contributed by atoms with Gasteiger partial charge >= 0.3 is 0 Å². The van der Waals surface area contributed by atoms with Gasteiger partial charge in [-0.25, -0.2) is 0 Å². The van der Waals surface area contributed by atoms with Crippen LogP contribution in [0.2, 0.25) is 0 Å². The quantitative estimate of drug-likeness (QED) is 0.886. The summed E-state index contributed by atoms with van der Waals surface area (Å²) in [4.78, 5) is 7.15. The first-order valence-corrected chi connectivity index (χ1v) is 10.4. The van der Waals surface area contributed by atoms with E-state index in [1.54, 1.807) is 4.88 Å². The van der Waals surface area contributed by atoms with Crippen molar-refractivity contribution in [3.05, 3.63) is 21.9 Å². The summed E-state index contributed by atoms with van der Waals surface area (Å²) in [5.74, 6) is 0. The minimum absolute atomic E-state index is 0.583. The van der Waals surface area contributed by atoms with Crippen LogP contribution in [0.4, 0.5) is 0 Å². The van der Waals surface area contributed by atoms with Gasteiger partial charge in [0, 0.05) is 37.1 Å². The van der Waals surface area contributed by atoms with Gasteiger partial charge in [0.1, 0.15) is 0 Å². The highest BCUT2D eigenvalue weighted by atomic mass is 32.1. The van der Waals surface area contributed by atoms with Crippen LogP contribution in [0, 0.1) is 6.92 Å². The number of hydrogen-bond donors (Lipinski definition) is 1. The van der Waals surface area contributed by atoms with Gasteiger partial charge in [-0.05, 0) is 56.3 Å². The zero-order valence-electron chi connectivity index (χ0n) is 14.9. The Kier molecular flexibility index (Phi) is 6.52. The lowest BCUT2D eigenvalue weighted by Crippen LogP contribution is -2.54. The normalized spacial score (nSPS) is 26.1. The highest BCUT2D eigenvalue weighted by Gasteiger charge is 2.31. The Bertz CT molecular complexity index is 465. The van der Waals surface area contributed by atoms with Gasteiger partial charge in [-0.1, -0.05) is 19.8 Å². The second kappa shape index (κ2) is 8.61. The van der Waals surface area contributed by atoms with Gasteiger partial charge in [-0.2, -0.15) is 0 Å². The number of piperazine rings is 1. The van der Waals surface area contributed by atoms with E-state index < -0.39 is 0 Å². The molecule has 0 spiro atoms. The van der Waals surface area contributed by atoms with Crippen LogP contribution in [0.3, 0.4) is 0 Å². The number of nitrogens with zero attached hydrogens (tertiary/aromatic N) is 2. The van der Waals surface area contributed by atoms with Crippen molar-refractivity contribution in [2.75, 3.05) is 39.3 Å². The Morgan fingerprint density at radius 2 is 2.00 bits per heavy atom. The summed E-state index contributed by atoms with van der Waals surface area (Å²) in [6, 6.07) is 3.57. The molecule has 2 unspecified atom stereocenters. The minimum Gasteiger partial charge on any atom is -0.314 e. The molecule has 0 bridgehead atoms. The molecule has 2 aliphatic heterocycles. The topological polar surface area (TPSA) is 18.5 Å². The lowest BCUT2D eigenvalue weighted by molar-refractivity contribution is 0.0764. The monoisotopic (exact) mass is 335 g/mol. The molecule has 23 heavy (non-hydrogen) atoms. The zero-order valence-corrected chi connectivity index (χ0v) is 15.7. The third-order valence-electron chi connectivity index (χ3n) is 5.60. The standard InChI is InChI=1S/C19H33N3S/c1-3-17-14-20-9-12-22(17)18(19-16(2)8-13-23-19)15-21-10-6-4-5-7-11-21/h8,13,17-18,20H,3-7,9-12,14-15H2,1-2H3. The van der Waals surface area contributed by atoms with E-state index in [-0.39, 0.29) is 0 Å². The van der Waals surface area contributed by atoms with Crippen LogP contribution in [0.15, 0.2) is 11.4 Å². The molecule has 2 aliphatic rings. The van der Waals surface area contributed by atoms with Crippen molar-refractivity contribution in [3.8, 4) is 0 Å². The number of rotatable bonds is 5. The number of likely N-dealkylation sites (tertiary alicyclic amines) is 1. The summed E-state index contributed by atoms with van der Waals surface area (Å²) in [7, 11) is 0. The summed E-state index contributed by atoms with van der Waals surface area (Å²) in [5, 5.41) is 5.87. The second-order valence-electron chi connectivity index (χ2n) is 7.20. The fourth-order valence-electron chi connectivity index (χ4n) is 4.19. The third-order valence-corrected chi connectivity index (χ3v) is 6.72. The second-order valence-corrected chi connectivity index (χ2v) is 8.15. The molecule has 4 heteroatoms. The summed E-state index contributed by atoms with van der Waals surface area (Å²) in [6.45, 7) is 11.9. The molecule has 130 valence electrons. The summed E-state index contributed by atoms with van der Waals surface area (Å²) < 4.78 is 0. The van der Waals surface area contributed by atoms with Gasteiger partial charge in [0.25, 0.3) is 0 Å². The molecule has 0 aliphatic carbocycles. The van der Waals surface area contributed by atoms with Crippen LogP contribution in [-0.4, -0.2) is 55.1 Å². The SMILES string of the molecule is CCC1CNCCN1C(CN1CCCCCC1)c1sccc1C. The maximum atomic E-state index is 3.59. The van der Waals surface area contributed by atoms with Gasteiger partial charge in [-0.15, -0.1) is 11.3 Å². The molecular formula is C19H33N3S. The Morgan fingerprint density at radius 1 is 1.22 bits per heavy atom. The van der Waals surface area contributed by atoms with Crippen LogP contribution in [0.5, 0.6) is 0 Å². The molecule has 0 saturated carbocycles. The Hall–Kier alpha value is -0.420. The van der Waals surface area contributed by atoms with Crippen LogP contribution < -0.4 is 5.32 Å². The Labute approximate surface area is 146 Å². The molecule has 1 aromatic rings. The largest absolute Gasteiger partial charge is 0.314 e. The van der Waals surface area contributed by atoms with Crippen molar-refractivity contribution in [2.24, 2.45) is 0 Å². The summed E-state index contributed by atoms with van der Waals surface area (Å²) in [5.41, 5.74) is 1.49. The highest BCUT2D eigenvalue weighted by molar-refractivity contribution is 7.10. The molecule has 0 aromatic carbocycles. The first kappa shape index (κ1) is 17.4. The molecule has 1 N–H and O–H groups in total. The molecular weight excluding hydrogens is 302 g/mol. The maximum Gasteiger partial charge on any atom is 0.0575 e. The molecule has 2 atom stereocenters. The molecule has 3 nitrogen and oxygen atoms in total. The van der Waals surface area contributed by atoms with Gasteiger partial charge in [-0.3, -0.25) is 4.90 Å². The highest BCUT2D eigenvalue weighted by Crippen LogP contribution is 2.32. The van der Waals surface area contributed by atoms with Crippen molar-refractivity contribution in [3.63, 3.8) is 0 Å². The minimum atomic E-state index is 0.583. The number of nitrogens with one attached hydrogen (secondary N) is 1. The number of hydrogen-bond acceptors (Lipinski definition) is 4. The van der Waals surface area contributed by atoms with E-state index in [4.69, 9.17) is 0 Å². The predicted octanol–water partition coefficient (Wildman–Crippen LogP) is 3.66. The molecule has 3 heterocycles. The van der Waals surface area contributed by atoms with E-state index in [1.165, 1.54) is 63.8 Å². The average molecular weight is 336 g/mol. The summed E-state index contributed by atoms with van der Waals surface area (Å²) in [6.07, 6.45) is 6.85. The van der Waals surface area contributed by atoms with E-state index in [0.29, 0.717) is 12.1 Å².